The molecule has 1 aliphatic heterocycles. The van der Waals surface area contributed by atoms with Crippen LogP contribution in [0.2, 0.25) is 0 Å². The zero-order valence-corrected chi connectivity index (χ0v) is 18.9. The van der Waals surface area contributed by atoms with Crippen LogP contribution in [0.3, 0.4) is 0 Å². The quantitative estimate of drug-likeness (QED) is 0.231. The number of non-ortho nitro benzene ring substituents is 1. The maximum atomic E-state index is 12.8. The molecule has 1 atom stereocenters. The molecule has 1 aliphatic rings. The number of rotatable bonds is 4. The summed E-state index contributed by atoms with van der Waals surface area (Å²) in [6, 6.07) is 16.7. The molecule has 3 heterocycles. The first-order chi connectivity index (χ1) is 16.5. The molecule has 0 bridgehead atoms. The molecule has 11 heteroatoms. The van der Waals surface area contributed by atoms with Crippen LogP contribution in [0, 0.1) is 10.1 Å². The summed E-state index contributed by atoms with van der Waals surface area (Å²) in [6.07, 6.45) is 0.870. The number of amides is 1. The summed E-state index contributed by atoms with van der Waals surface area (Å²) in [7, 11) is 0. The highest BCUT2D eigenvalue weighted by Crippen LogP contribution is 2.44. The van der Waals surface area contributed by atoms with Gasteiger partial charge in [-0.1, -0.05) is 30.0 Å². The number of carbonyl (C=O) groups excluding carboxylic acids is 1. The lowest BCUT2D eigenvalue weighted by atomic mass is 10.1. The molecular weight excluding hydrogens is 458 g/mol. The molecule has 1 amide bonds. The number of hydrogen-bond acceptors (Lipinski definition) is 9. The van der Waals surface area contributed by atoms with Gasteiger partial charge < -0.3 is 9.15 Å². The number of nitro groups is 1. The van der Waals surface area contributed by atoms with Gasteiger partial charge in [0.05, 0.1) is 10.6 Å². The van der Waals surface area contributed by atoms with E-state index in [-0.39, 0.29) is 17.5 Å². The number of para-hydroxylation sites is 1. The van der Waals surface area contributed by atoms with Crippen LogP contribution in [-0.2, 0) is 4.79 Å². The maximum absolute atomic E-state index is 12.8. The van der Waals surface area contributed by atoms with Gasteiger partial charge in [-0.05, 0) is 36.6 Å². The van der Waals surface area contributed by atoms with Crippen molar-refractivity contribution in [2.75, 3.05) is 11.2 Å². The van der Waals surface area contributed by atoms with Gasteiger partial charge in [0.2, 0.25) is 23.2 Å². The van der Waals surface area contributed by atoms with Crippen LogP contribution in [0.15, 0.2) is 70.2 Å². The normalized spacial score (nSPS) is 14.5. The number of carbonyl (C=O) groups is 1. The van der Waals surface area contributed by atoms with E-state index in [9.17, 15) is 14.9 Å². The van der Waals surface area contributed by atoms with Gasteiger partial charge in [0.1, 0.15) is 5.76 Å². The highest BCUT2D eigenvalue weighted by molar-refractivity contribution is 7.98. The Morgan fingerprint density at radius 3 is 2.56 bits per heavy atom. The molecule has 34 heavy (non-hydrogen) atoms. The lowest BCUT2D eigenvalue weighted by molar-refractivity contribution is -0.384. The van der Waals surface area contributed by atoms with Crippen molar-refractivity contribution in [3.8, 4) is 28.5 Å². The molecule has 1 unspecified atom stereocenters. The van der Waals surface area contributed by atoms with Crippen molar-refractivity contribution in [2.24, 2.45) is 0 Å². The van der Waals surface area contributed by atoms with E-state index in [0.717, 1.165) is 0 Å². The van der Waals surface area contributed by atoms with Crippen LogP contribution in [0.1, 0.15) is 18.9 Å². The van der Waals surface area contributed by atoms with Gasteiger partial charge in [0.25, 0.3) is 5.69 Å². The molecule has 10 nitrogen and oxygen atoms in total. The Hall–Kier alpha value is -4.25. The minimum atomic E-state index is -0.960. The van der Waals surface area contributed by atoms with Crippen molar-refractivity contribution in [1.82, 2.24) is 15.2 Å². The molecule has 2 aromatic heterocycles. The molecular formula is C23H17N5O5S. The number of ether oxygens (including phenoxy) is 1. The number of furan rings is 1. The number of nitro benzene ring substituents is 1. The van der Waals surface area contributed by atoms with Crippen LogP contribution < -0.4 is 9.64 Å². The molecule has 0 radical (unpaired) electrons. The Morgan fingerprint density at radius 1 is 1.09 bits per heavy atom. The predicted molar refractivity (Wildman–Crippen MR) is 124 cm³/mol. The summed E-state index contributed by atoms with van der Waals surface area (Å²) in [5.41, 5.74) is 2.29. The zero-order chi connectivity index (χ0) is 23.8. The summed E-state index contributed by atoms with van der Waals surface area (Å²) in [6.45, 7) is 1.44. The molecule has 0 aliphatic carbocycles. The standard InChI is InChI=1S/C23H17N5O5S/c1-13(29)27-17-6-4-3-5-16(17)20-21(24-23(34-2)26-25-20)33-22(27)19-12-11-18(32-19)14-7-9-15(10-8-14)28(30)31/h3-12,22H,1-2H3. The van der Waals surface area contributed by atoms with Crippen LogP contribution in [0.5, 0.6) is 5.88 Å². The number of thioether (sulfide) groups is 1. The van der Waals surface area contributed by atoms with Crippen molar-refractivity contribution >= 4 is 29.0 Å². The molecule has 5 rings (SSSR count). The first-order valence-electron chi connectivity index (χ1n) is 10.2. The summed E-state index contributed by atoms with van der Waals surface area (Å²) < 4.78 is 12.3. The fraction of sp³-hybridized carbons (Fsp3) is 0.130. The minimum absolute atomic E-state index is 0.0182. The second-order valence-corrected chi connectivity index (χ2v) is 8.11. The lowest BCUT2D eigenvalue weighted by Gasteiger charge is -2.28. The molecule has 0 N–H and O–H groups in total. The third kappa shape index (κ3) is 3.75. The Labute approximate surface area is 197 Å². The molecule has 0 spiro atoms. The van der Waals surface area contributed by atoms with Crippen molar-refractivity contribution in [2.45, 2.75) is 18.3 Å². The highest BCUT2D eigenvalue weighted by atomic mass is 32.2. The third-order valence-corrected chi connectivity index (χ3v) is 5.80. The van der Waals surface area contributed by atoms with Crippen molar-refractivity contribution in [3.05, 3.63) is 76.5 Å². The summed E-state index contributed by atoms with van der Waals surface area (Å²) in [5.74, 6) is 0.793. The van der Waals surface area contributed by atoms with E-state index >= 15 is 0 Å². The van der Waals surface area contributed by atoms with Crippen molar-refractivity contribution in [1.29, 1.82) is 0 Å². The topological polar surface area (TPSA) is 124 Å². The lowest BCUT2D eigenvalue weighted by Crippen LogP contribution is -2.35. The Bertz CT molecular complexity index is 1410. The van der Waals surface area contributed by atoms with Gasteiger partial charge >= 0.3 is 0 Å². The van der Waals surface area contributed by atoms with E-state index in [1.807, 2.05) is 24.5 Å². The Morgan fingerprint density at radius 2 is 1.85 bits per heavy atom. The van der Waals surface area contributed by atoms with Gasteiger partial charge in [-0.3, -0.25) is 19.8 Å². The molecule has 0 saturated heterocycles. The summed E-state index contributed by atoms with van der Waals surface area (Å²) in [4.78, 5) is 29.3. The van der Waals surface area contributed by atoms with E-state index in [1.54, 1.807) is 30.3 Å². The number of fused-ring (bicyclic) bond motifs is 3. The van der Waals surface area contributed by atoms with Gasteiger partial charge in [-0.15, -0.1) is 10.2 Å². The van der Waals surface area contributed by atoms with E-state index in [2.05, 4.69) is 15.2 Å². The maximum Gasteiger partial charge on any atom is 0.269 e. The van der Waals surface area contributed by atoms with Crippen LogP contribution in [0.4, 0.5) is 11.4 Å². The summed E-state index contributed by atoms with van der Waals surface area (Å²) >= 11 is 1.32. The SMILES string of the molecule is CSc1nnc2c(n1)OC(c1ccc(-c3ccc([N+](=O)[O-])cc3)o1)N(C(C)=O)c1ccccc1-2. The van der Waals surface area contributed by atoms with Gasteiger partial charge in [0.15, 0.2) is 11.5 Å². The number of anilines is 1. The largest absolute Gasteiger partial charge is 0.455 e. The monoisotopic (exact) mass is 475 g/mol. The van der Waals surface area contributed by atoms with E-state index in [0.29, 0.717) is 39.2 Å². The van der Waals surface area contributed by atoms with E-state index in [4.69, 9.17) is 9.15 Å². The molecule has 4 aromatic rings. The number of hydrogen-bond donors (Lipinski definition) is 0. The number of benzene rings is 2. The third-order valence-electron chi connectivity index (χ3n) is 5.27. The van der Waals surface area contributed by atoms with Crippen molar-refractivity contribution in [3.63, 3.8) is 0 Å². The zero-order valence-electron chi connectivity index (χ0n) is 18.0. The Kier molecular flexibility index (Phi) is 5.46. The smallest absolute Gasteiger partial charge is 0.269 e. The molecule has 0 fully saturated rings. The molecule has 0 saturated carbocycles. The fourth-order valence-corrected chi connectivity index (χ4v) is 4.01. The first-order valence-corrected chi connectivity index (χ1v) is 11.4. The number of aromatic nitrogens is 3. The average molecular weight is 475 g/mol. The second-order valence-electron chi connectivity index (χ2n) is 7.33. The summed E-state index contributed by atoms with van der Waals surface area (Å²) in [5, 5.41) is 19.8. The van der Waals surface area contributed by atoms with Gasteiger partial charge in [0, 0.05) is 30.2 Å². The average Bonchev–Trinajstić information content (AvgIpc) is 3.28. The number of nitrogens with zero attached hydrogens (tertiary/aromatic N) is 5. The van der Waals surface area contributed by atoms with Crippen LogP contribution in [0.25, 0.3) is 22.6 Å². The van der Waals surface area contributed by atoms with Crippen LogP contribution in [-0.4, -0.2) is 32.3 Å². The highest BCUT2D eigenvalue weighted by Gasteiger charge is 2.36. The van der Waals surface area contributed by atoms with Gasteiger partial charge in [-0.2, -0.15) is 4.98 Å². The van der Waals surface area contributed by atoms with Crippen LogP contribution >= 0.6 is 11.8 Å². The van der Waals surface area contributed by atoms with E-state index in [1.165, 1.54) is 35.7 Å². The second kappa shape index (κ2) is 8.60. The Balaban J connectivity index is 1.62. The molecule has 2 aromatic carbocycles. The molecule has 170 valence electrons. The van der Waals surface area contributed by atoms with Crippen molar-refractivity contribution < 1.29 is 18.9 Å². The minimum Gasteiger partial charge on any atom is -0.455 e. The fourth-order valence-electron chi connectivity index (χ4n) is 3.71. The predicted octanol–water partition coefficient (Wildman–Crippen LogP) is 4.87. The van der Waals surface area contributed by atoms with E-state index < -0.39 is 11.2 Å². The first kappa shape index (κ1) is 21.6. The van der Waals surface area contributed by atoms with Gasteiger partial charge in [-0.25, -0.2) is 0 Å².